The molecule has 1 unspecified atom stereocenters. The third-order valence-electron chi connectivity index (χ3n) is 6.98. The van der Waals surface area contributed by atoms with E-state index in [0.717, 1.165) is 48.8 Å². The number of rotatable bonds is 4. The molecule has 0 bridgehead atoms. The van der Waals surface area contributed by atoms with E-state index in [-0.39, 0.29) is 42.6 Å². The number of hydrogen-bond donors (Lipinski definition) is 2. The third kappa shape index (κ3) is 3.79. The predicted octanol–water partition coefficient (Wildman–Crippen LogP) is 5.05. The van der Waals surface area contributed by atoms with Crippen molar-refractivity contribution < 1.29 is 14.2 Å². The Kier molecular flexibility index (Phi) is 5.84. The minimum Gasteiger partial charge on any atom is -0.395 e. The first-order valence-electron chi connectivity index (χ1n) is 10.9. The van der Waals surface area contributed by atoms with Crippen LogP contribution >= 0.6 is 15.9 Å². The maximum Gasteiger partial charge on any atom is 0.147 e. The van der Waals surface area contributed by atoms with Gasteiger partial charge in [0.2, 0.25) is 0 Å². The molecule has 4 nitrogen and oxygen atoms in total. The van der Waals surface area contributed by atoms with E-state index in [2.05, 4.69) is 38.3 Å². The predicted molar refractivity (Wildman–Crippen MR) is 119 cm³/mol. The molecule has 2 N–H and O–H groups in total. The van der Waals surface area contributed by atoms with Crippen molar-refractivity contribution in [2.24, 2.45) is 5.92 Å². The molecule has 5 rings (SSSR count). The number of nitrogens with zero attached hydrogens (tertiary/aromatic N) is 1. The number of fused-ring (bicyclic) bond motifs is 3. The molecule has 5 atom stereocenters. The van der Waals surface area contributed by atoms with E-state index in [9.17, 15) is 9.50 Å². The lowest BCUT2D eigenvalue weighted by molar-refractivity contribution is -0.105. The number of halogens is 2. The molecule has 2 aromatic rings. The molecular formula is C24H28BrFN2O2. The largest absolute Gasteiger partial charge is 0.395 e. The van der Waals surface area contributed by atoms with Crippen LogP contribution in [0.1, 0.15) is 49.0 Å². The van der Waals surface area contributed by atoms with Crippen molar-refractivity contribution in [1.29, 1.82) is 0 Å². The summed E-state index contributed by atoms with van der Waals surface area (Å²) in [5.41, 5.74) is 2.63. The Balaban J connectivity index is 1.45. The SMILES string of the molecule is OCC1CCCN1C[C@H]1CC[C@@H]2[C@H](O1)c1cc(Br)cc(F)c1N[C@H]2c1ccccc1. The summed E-state index contributed by atoms with van der Waals surface area (Å²) in [6.45, 7) is 2.06. The molecule has 0 amide bonds. The zero-order valence-corrected chi connectivity index (χ0v) is 18.5. The monoisotopic (exact) mass is 474 g/mol. The Morgan fingerprint density at radius 2 is 2.00 bits per heavy atom. The van der Waals surface area contributed by atoms with Gasteiger partial charge in [-0.15, -0.1) is 0 Å². The summed E-state index contributed by atoms with van der Waals surface area (Å²) in [5, 5.41) is 13.2. The van der Waals surface area contributed by atoms with Crippen LogP contribution in [-0.2, 0) is 4.74 Å². The first-order valence-corrected chi connectivity index (χ1v) is 11.7. The van der Waals surface area contributed by atoms with Crippen LogP contribution in [0.5, 0.6) is 0 Å². The number of aliphatic hydroxyl groups is 1. The first kappa shape index (κ1) is 20.4. The molecule has 0 radical (unpaired) electrons. The number of anilines is 1. The molecule has 2 fully saturated rings. The van der Waals surface area contributed by atoms with Crippen molar-refractivity contribution in [2.75, 3.05) is 25.0 Å². The van der Waals surface area contributed by atoms with Crippen LogP contribution in [0, 0.1) is 11.7 Å². The molecule has 3 heterocycles. The zero-order chi connectivity index (χ0) is 20.7. The van der Waals surface area contributed by atoms with Crippen LogP contribution in [0.3, 0.4) is 0 Å². The summed E-state index contributed by atoms with van der Waals surface area (Å²) in [5.74, 6) is 0.00133. The van der Waals surface area contributed by atoms with E-state index in [4.69, 9.17) is 4.74 Å². The van der Waals surface area contributed by atoms with E-state index in [1.54, 1.807) is 0 Å². The second-order valence-electron chi connectivity index (χ2n) is 8.78. The zero-order valence-electron chi connectivity index (χ0n) is 16.9. The van der Waals surface area contributed by atoms with Crippen molar-refractivity contribution >= 4 is 21.6 Å². The lowest BCUT2D eigenvalue weighted by atomic mass is 9.76. The van der Waals surface area contributed by atoms with Crippen LogP contribution in [0.25, 0.3) is 0 Å². The van der Waals surface area contributed by atoms with Gasteiger partial charge >= 0.3 is 0 Å². The average Bonchev–Trinajstić information content (AvgIpc) is 3.21. The van der Waals surface area contributed by atoms with Gasteiger partial charge in [0.05, 0.1) is 30.5 Å². The summed E-state index contributed by atoms with van der Waals surface area (Å²) < 4.78 is 22.3. The molecule has 160 valence electrons. The number of ether oxygens (including phenoxy) is 1. The van der Waals surface area contributed by atoms with E-state index >= 15 is 0 Å². The minimum atomic E-state index is -0.246. The van der Waals surface area contributed by atoms with Gasteiger partial charge in [-0.25, -0.2) is 4.39 Å². The lowest BCUT2D eigenvalue weighted by Crippen LogP contribution is -2.45. The van der Waals surface area contributed by atoms with Crippen molar-refractivity contribution in [3.8, 4) is 0 Å². The maximum atomic E-state index is 14.9. The molecule has 6 heteroatoms. The quantitative estimate of drug-likeness (QED) is 0.650. The van der Waals surface area contributed by atoms with E-state index in [1.807, 2.05) is 24.3 Å². The fourth-order valence-electron chi connectivity index (χ4n) is 5.51. The molecular weight excluding hydrogens is 447 g/mol. The molecule has 3 aliphatic rings. The van der Waals surface area contributed by atoms with Gasteiger partial charge < -0.3 is 15.2 Å². The summed E-state index contributed by atoms with van der Waals surface area (Å²) in [6.07, 6.45) is 4.14. The lowest BCUT2D eigenvalue weighted by Gasteiger charge is -2.46. The number of hydrogen-bond acceptors (Lipinski definition) is 4. The number of benzene rings is 2. The van der Waals surface area contributed by atoms with Crippen LogP contribution in [0.2, 0.25) is 0 Å². The Morgan fingerprint density at radius 3 is 2.80 bits per heavy atom. The highest BCUT2D eigenvalue weighted by molar-refractivity contribution is 9.10. The van der Waals surface area contributed by atoms with Gasteiger partial charge in [0, 0.05) is 28.5 Å². The molecule has 3 aliphatic heterocycles. The van der Waals surface area contributed by atoms with Crippen molar-refractivity contribution in [3.63, 3.8) is 0 Å². The maximum absolute atomic E-state index is 14.9. The number of likely N-dealkylation sites (tertiary alicyclic amines) is 1. The Morgan fingerprint density at radius 1 is 1.17 bits per heavy atom. The fraction of sp³-hybridized carbons (Fsp3) is 0.500. The highest BCUT2D eigenvalue weighted by Crippen LogP contribution is 2.51. The first-order chi connectivity index (χ1) is 14.6. The standard InChI is InChI=1S/C24H28BrFN2O2/c25-16-11-20-23(21(26)12-16)27-22(15-5-2-1-3-6-15)19-9-8-18(30-24(19)20)13-28-10-4-7-17(28)14-29/h1-3,5-6,11-12,17-19,22,24,27,29H,4,7-10,13-14H2/t17?,18-,19+,22+,24+/m1/s1. The van der Waals surface area contributed by atoms with Crippen molar-refractivity contribution in [2.45, 2.75) is 50.0 Å². The minimum absolute atomic E-state index is 0.0253. The van der Waals surface area contributed by atoms with Gasteiger partial charge in [-0.1, -0.05) is 46.3 Å². The highest BCUT2D eigenvalue weighted by atomic mass is 79.9. The fourth-order valence-corrected chi connectivity index (χ4v) is 5.96. The normalized spacial score (nSPS) is 31.1. The Labute approximate surface area is 185 Å². The smallest absolute Gasteiger partial charge is 0.147 e. The molecule has 0 aromatic heterocycles. The summed E-state index contributed by atoms with van der Waals surface area (Å²) >= 11 is 3.46. The second-order valence-corrected chi connectivity index (χ2v) is 9.69. The van der Waals surface area contributed by atoms with Crippen molar-refractivity contribution in [3.05, 3.63) is 63.9 Å². The van der Waals surface area contributed by atoms with Gasteiger partial charge in [-0.2, -0.15) is 0 Å². The van der Waals surface area contributed by atoms with Gasteiger partial charge in [-0.3, -0.25) is 4.90 Å². The summed E-state index contributed by atoms with van der Waals surface area (Å²) in [7, 11) is 0. The van der Waals surface area contributed by atoms with Crippen LogP contribution in [0.15, 0.2) is 46.9 Å². The van der Waals surface area contributed by atoms with Crippen LogP contribution < -0.4 is 5.32 Å². The Hall–Kier alpha value is -1.47. The number of nitrogens with one attached hydrogen (secondary N) is 1. The van der Waals surface area contributed by atoms with Gasteiger partial charge in [0.25, 0.3) is 0 Å². The van der Waals surface area contributed by atoms with E-state index in [0.29, 0.717) is 5.69 Å². The number of aliphatic hydroxyl groups excluding tert-OH is 1. The van der Waals surface area contributed by atoms with E-state index in [1.165, 1.54) is 11.6 Å². The van der Waals surface area contributed by atoms with Gasteiger partial charge in [0.15, 0.2) is 0 Å². The van der Waals surface area contributed by atoms with Gasteiger partial charge in [-0.05, 0) is 49.9 Å². The molecule has 0 saturated carbocycles. The molecule has 0 aliphatic carbocycles. The van der Waals surface area contributed by atoms with Crippen LogP contribution in [0.4, 0.5) is 10.1 Å². The third-order valence-corrected chi connectivity index (χ3v) is 7.43. The molecule has 2 aromatic carbocycles. The average molecular weight is 475 g/mol. The summed E-state index contributed by atoms with van der Waals surface area (Å²) in [6, 6.07) is 14.1. The Bertz CT molecular complexity index is 896. The topological polar surface area (TPSA) is 44.7 Å². The van der Waals surface area contributed by atoms with Crippen LogP contribution in [-0.4, -0.2) is 41.8 Å². The molecule has 0 spiro atoms. The second kappa shape index (κ2) is 8.58. The van der Waals surface area contributed by atoms with E-state index < -0.39 is 0 Å². The highest BCUT2D eigenvalue weighted by Gasteiger charge is 2.44. The van der Waals surface area contributed by atoms with Gasteiger partial charge in [0.1, 0.15) is 5.82 Å². The van der Waals surface area contributed by atoms with Crippen molar-refractivity contribution in [1.82, 2.24) is 4.90 Å². The molecule has 2 saturated heterocycles. The summed E-state index contributed by atoms with van der Waals surface area (Å²) in [4.78, 5) is 2.36. The molecule has 30 heavy (non-hydrogen) atoms.